The van der Waals surface area contributed by atoms with Crippen LogP contribution in [0, 0.1) is 0 Å². The van der Waals surface area contributed by atoms with Crippen molar-refractivity contribution >= 4 is 0 Å². The Bertz CT molecular complexity index is 48.9. The Morgan fingerprint density at radius 2 is 2.00 bits per heavy atom. The first-order valence-electron chi connectivity index (χ1n) is 3.72. The van der Waals surface area contributed by atoms with Gasteiger partial charge in [0.05, 0.1) is 0 Å². The van der Waals surface area contributed by atoms with E-state index in [9.17, 15) is 0 Å². The number of rotatable bonds is 5. The van der Waals surface area contributed by atoms with Gasteiger partial charge in [-0.25, -0.2) is 0 Å². The van der Waals surface area contributed by atoms with Crippen LogP contribution in [0.1, 0.15) is 20.3 Å². The summed E-state index contributed by atoms with van der Waals surface area (Å²) in [5.41, 5.74) is 0. The van der Waals surface area contributed by atoms with Gasteiger partial charge in [0.2, 0.25) is 0 Å². The minimum atomic E-state index is 1.02. The molecule has 0 aliphatic heterocycles. The smallest absolute Gasteiger partial charge is 0.0477 e. The summed E-state index contributed by atoms with van der Waals surface area (Å²) in [6.07, 6.45) is 1.25. The van der Waals surface area contributed by atoms with Crippen LogP contribution in [0.5, 0.6) is 0 Å². The van der Waals surface area contributed by atoms with E-state index in [-0.39, 0.29) is 0 Å². The lowest BCUT2D eigenvalue weighted by Gasteiger charge is -2.17. The molecule has 0 aliphatic rings. The average Bonchev–Trinajstić information content (AvgIpc) is 1.88. The summed E-state index contributed by atoms with van der Waals surface area (Å²) in [6.45, 7) is 7.77. The van der Waals surface area contributed by atoms with E-state index in [4.69, 9.17) is 0 Å². The van der Waals surface area contributed by atoms with Gasteiger partial charge in [-0.3, -0.25) is 4.90 Å². The fourth-order valence-electron chi connectivity index (χ4n) is 0.889. The van der Waals surface area contributed by atoms with Crippen LogP contribution in [-0.4, -0.2) is 31.7 Å². The maximum absolute atomic E-state index is 3.13. The van der Waals surface area contributed by atoms with Crippen LogP contribution in [-0.2, 0) is 0 Å². The predicted molar refractivity (Wildman–Crippen MR) is 41.5 cm³/mol. The molecule has 0 radical (unpaired) electrons. The fourth-order valence-corrected chi connectivity index (χ4v) is 0.889. The SMILES string of the molecule is CCCN(CC)CNC. The molecule has 0 unspecified atom stereocenters. The van der Waals surface area contributed by atoms with Gasteiger partial charge in [-0.2, -0.15) is 0 Å². The lowest BCUT2D eigenvalue weighted by Crippen LogP contribution is -2.32. The summed E-state index contributed by atoms with van der Waals surface area (Å²) in [6, 6.07) is 0. The van der Waals surface area contributed by atoms with Gasteiger partial charge in [-0.05, 0) is 26.6 Å². The molecule has 56 valence electrons. The standard InChI is InChI=1S/C7H18N2/c1-4-6-9(5-2)7-8-3/h8H,4-7H2,1-3H3. The van der Waals surface area contributed by atoms with Crippen molar-refractivity contribution in [2.45, 2.75) is 20.3 Å². The van der Waals surface area contributed by atoms with Crippen molar-refractivity contribution in [1.82, 2.24) is 10.2 Å². The van der Waals surface area contributed by atoms with Crippen LogP contribution in [0.25, 0.3) is 0 Å². The highest BCUT2D eigenvalue weighted by Gasteiger charge is 1.95. The first-order valence-corrected chi connectivity index (χ1v) is 3.72. The van der Waals surface area contributed by atoms with Gasteiger partial charge in [0, 0.05) is 6.67 Å². The molecule has 2 nitrogen and oxygen atoms in total. The van der Waals surface area contributed by atoms with E-state index in [0.29, 0.717) is 0 Å². The summed E-state index contributed by atoms with van der Waals surface area (Å²) >= 11 is 0. The highest BCUT2D eigenvalue weighted by molar-refractivity contribution is 4.49. The van der Waals surface area contributed by atoms with Crippen LogP contribution < -0.4 is 5.32 Å². The van der Waals surface area contributed by atoms with Crippen molar-refractivity contribution < 1.29 is 0 Å². The monoisotopic (exact) mass is 130 g/mol. The number of nitrogens with zero attached hydrogens (tertiary/aromatic N) is 1. The van der Waals surface area contributed by atoms with Gasteiger partial charge in [-0.15, -0.1) is 0 Å². The summed E-state index contributed by atoms with van der Waals surface area (Å²) in [5.74, 6) is 0. The quantitative estimate of drug-likeness (QED) is 0.556. The van der Waals surface area contributed by atoms with Gasteiger partial charge in [0.15, 0.2) is 0 Å². The van der Waals surface area contributed by atoms with Gasteiger partial charge in [0.1, 0.15) is 0 Å². The molecule has 1 N–H and O–H groups in total. The Morgan fingerprint density at radius 3 is 2.33 bits per heavy atom. The number of nitrogens with one attached hydrogen (secondary N) is 1. The molecule has 0 saturated carbocycles. The topological polar surface area (TPSA) is 15.3 Å². The second kappa shape index (κ2) is 6.05. The van der Waals surface area contributed by atoms with Gasteiger partial charge >= 0.3 is 0 Å². The van der Waals surface area contributed by atoms with E-state index >= 15 is 0 Å². The molecule has 0 rings (SSSR count). The maximum atomic E-state index is 3.13. The van der Waals surface area contributed by atoms with Gasteiger partial charge in [0.25, 0.3) is 0 Å². The number of hydrogen-bond donors (Lipinski definition) is 1. The van der Waals surface area contributed by atoms with Crippen LogP contribution in [0.4, 0.5) is 0 Å². The molecule has 0 bridgehead atoms. The highest BCUT2D eigenvalue weighted by atomic mass is 15.2. The Kier molecular flexibility index (Phi) is 5.99. The fraction of sp³-hybridized carbons (Fsp3) is 1.00. The molecule has 9 heavy (non-hydrogen) atoms. The third-order valence-electron chi connectivity index (χ3n) is 1.37. The van der Waals surface area contributed by atoms with Crippen molar-refractivity contribution in [1.29, 1.82) is 0 Å². The Hall–Kier alpha value is -0.0800. The molecule has 0 aromatic rings. The van der Waals surface area contributed by atoms with E-state index in [1.165, 1.54) is 13.0 Å². The second-order valence-electron chi connectivity index (χ2n) is 2.22. The van der Waals surface area contributed by atoms with Gasteiger partial charge < -0.3 is 5.32 Å². The molecular weight excluding hydrogens is 112 g/mol. The molecule has 0 amide bonds. The average molecular weight is 130 g/mol. The molecule has 0 saturated heterocycles. The molecule has 0 aromatic heterocycles. The van der Waals surface area contributed by atoms with E-state index < -0.39 is 0 Å². The van der Waals surface area contributed by atoms with Crippen molar-refractivity contribution in [2.24, 2.45) is 0 Å². The minimum Gasteiger partial charge on any atom is -0.307 e. The van der Waals surface area contributed by atoms with E-state index in [2.05, 4.69) is 24.1 Å². The minimum absolute atomic E-state index is 1.02. The Balaban J connectivity index is 3.18. The van der Waals surface area contributed by atoms with E-state index in [1.807, 2.05) is 7.05 Å². The molecule has 0 heterocycles. The molecule has 0 aliphatic carbocycles. The van der Waals surface area contributed by atoms with E-state index in [1.54, 1.807) is 0 Å². The zero-order chi connectivity index (χ0) is 7.11. The van der Waals surface area contributed by atoms with Crippen molar-refractivity contribution in [3.05, 3.63) is 0 Å². The van der Waals surface area contributed by atoms with Crippen LogP contribution in [0.3, 0.4) is 0 Å². The zero-order valence-electron chi connectivity index (χ0n) is 6.78. The summed E-state index contributed by atoms with van der Waals surface area (Å²) in [7, 11) is 1.98. The third kappa shape index (κ3) is 4.43. The van der Waals surface area contributed by atoms with Crippen LogP contribution in [0.2, 0.25) is 0 Å². The highest BCUT2D eigenvalue weighted by Crippen LogP contribution is 1.86. The lowest BCUT2D eigenvalue weighted by atomic mass is 10.4. The van der Waals surface area contributed by atoms with E-state index in [0.717, 1.165) is 13.2 Å². The van der Waals surface area contributed by atoms with Gasteiger partial charge in [-0.1, -0.05) is 13.8 Å². The summed E-state index contributed by atoms with van der Waals surface area (Å²) in [4.78, 5) is 2.38. The summed E-state index contributed by atoms with van der Waals surface area (Å²) in [5, 5.41) is 3.13. The molecule has 0 fully saturated rings. The Labute approximate surface area is 58.2 Å². The third-order valence-corrected chi connectivity index (χ3v) is 1.37. The summed E-state index contributed by atoms with van der Waals surface area (Å²) < 4.78 is 0. The lowest BCUT2D eigenvalue weighted by molar-refractivity contribution is 0.274. The molecule has 0 aromatic carbocycles. The first-order chi connectivity index (χ1) is 4.35. The predicted octanol–water partition coefficient (Wildman–Crippen LogP) is 0.895. The molecule has 2 heteroatoms. The van der Waals surface area contributed by atoms with Crippen molar-refractivity contribution in [2.75, 3.05) is 26.8 Å². The largest absolute Gasteiger partial charge is 0.307 e. The Morgan fingerprint density at radius 1 is 1.33 bits per heavy atom. The van der Waals surface area contributed by atoms with Crippen LogP contribution in [0.15, 0.2) is 0 Å². The molecule has 0 atom stereocenters. The number of hydrogen-bond acceptors (Lipinski definition) is 2. The molecule has 0 spiro atoms. The molecular formula is C7H18N2. The second-order valence-corrected chi connectivity index (χ2v) is 2.22. The zero-order valence-corrected chi connectivity index (χ0v) is 6.78. The van der Waals surface area contributed by atoms with Crippen LogP contribution >= 0.6 is 0 Å². The maximum Gasteiger partial charge on any atom is 0.0477 e. The first kappa shape index (κ1) is 8.92. The van der Waals surface area contributed by atoms with Crippen molar-refractivity contribution in [3.63, 3.8) is 0 Å². The normalized spacial score (nSPS) is 10.7. The van der Waals surface area contributed by atoms with Crippen molar-refractivity contribution in [3.8, 4) is 0 Å².